The van der Waals surface area contributed by atoms with Gasteiger partial charge in [-0.05, 0) is 11.4 Å². The van der Waals surface area contributed by atoms with Gasteiger partial charge in [-0.3, -0.25) is 9.59 Å². The van der Waals surface area contributed by atoms with E-state index in [2.05, 4.69) is 0 Å². The number of nitrogens with zero attached hydrogens (tertiary/aromatic N) is 2. The summed E-state index contributed by atoms with van der Waals surface area (Å²) >= 11 is 1.35. The van der Waals surface area contributed by atoms with E-state index in [1.54, 1.807) is 16.8 Å². The summed E-state index contributed by atoms with van der Waals surface area (Å²) in [6.07, 6.45) is -4.03. The summed E-state index contributed by atoms with van der Waals surface area (Å²) in [5.74, 6) is -6.83. The molecule has 0 saturated carbocycles. The Bertz CT molecular complexity index is 513. The summed E-state index contributed by atoms with van der Waals surface area (Å²) in [6.45, 7) is -0.284. The fraction of sp³-hybridized carbons (Fsp3) is 0.500. The highest BCUT2D eigenvalue weighted by Crippen LogP contribution is 2.26. The van der Waals surface area contributed by atoms with Crippen LogP contribution in [0.25, 0.3) is 0 Å². The van der Waals surface area contributed by atoms with Gasteiger partial charge in [0.2, 0.25) is 0 Å². The first-order chi connectivity index (χ1) is 9.84. The first-order valence-corrected chi connectivity index (χ1v) is 7.05. The minimum atomic E-state index is -4.68. The van der Waals surface area contributed by atoms with Crippen LogP contribution in [-0.2, 0) is 4.79 Å². The molecule has 0 N–H and O–H groups in total. The van der Waals surface area contributed by atoms with E-state index in [1.807, 2.05) is 0 Å². The van der Waals surface area contributed by atoms with E-state index in [1.165, 1.54) is 16.2 Å². The first-order valence-electron chi connectivity index (χ1n) is 6.11. The molecule has 0 aromatic carbocycles. The molecule has 9 heteroatoms. The molecule has 1 aliphatic rings. The Balaban J connectivity index is 1.95. The standard InChI is InChI=1S/C12H12F4N2O2S/c13-10(14)12(15,16)11(20)18-4-2-17(3-5-18)9(19)8-1-6-21-7-8/h1,6-7,10H,2-5H2. The van der Waals surface area contributed by atoms with Crippen molar-refractivity contribution in [1.82, 2.24) is 9.80 Å². The maximum absolute atomic E-state index is 13.0. The van der Waals surface area contributed by atoms with Gasteiger partial charge < -0.3 is 9.80 Å². The van der Waals surface area contributed by atoms with Crippen LogP contribution in [0, 0.1) is 0 Å². The Morgan fingerprint density at radius 1 is 1.14 bits per heavy atom. The number of carbonyl (C=O) groups is 2. The van der Waals surface area contributed by atoms with Crippen molar-refractivity contribution in [3.8, 4) is 0 Å². The number of piperazine rings is 1. The van der Waals surface area contributed by atoms with Crippen molar-refractivity contribution in [2.24, 2.45) is 0 Å². The molecule has 1 saturated heterocycles. The summed E-state index contributed by atoms with van der Waals surface area (Å²) in [7, 11) is 0. The second-order valence-corrected chi connectivity index (χ2v) is 5.30. The van der Waals surface area contributed by atoms with Crippen LogP contribution < -0.4 is 0 Å². The monoisotopic (exact) mass is 324 g/mol. The first kappa shape index (κ1) is 15.7. The second kappa shape index (κ2) is 6.00. The van der Waals surface area contributed by atoms with Crippen molar-refractivity contribution in [2.45, 2.75) is 12.3 Å². The molecule has 21 heavy (non-hydrogen) atoms. The fourth-order valence-electron chi connectivity index (χ4n) is 1.99. The van der Waals surface area contributed by atoms with Crippen LogP contribution in [0.3, 0.4) is 0 Å². The number of amides is 2. The zero-order valence-electron chi connectivity index (χ0n) is 10.8. The molecule has 0 unspecified atom stereocenters. The molecule has 0 aliphatic carbocycles. The molecule has 1 fully saturated rings. The lowest BCUT2D eigenvalue weighted by atomic mass is 10.2. The molecule has 1 aromatic rings. The van der Waals surface area contributed by atoms with E-state index in [-0.39, 0.29) is 32.1 Å². The Kier molecular flexibility index (Phi) is 4.50. The van der Waals surface area contributed by atoms with Gasteiger partial charge in [0.05, 0.1) is 5.56 Å². The van der Waals surface area contributed by atoms with Crippen LogP contribution >= 0.6 is 11.3 Å². The number of thiophene rings is 1. The van der Waals surface area contributed by atoms with Gasteiger partial charge in [0, 0.05) is 31.6 Å². The lowest BCUT2D eigenvalue weighted by molar-refractivity contribution is -0.181. The third-order valence-electron chi connectivity index (χ3n) is 3.18. The molecular formula is C12H12F4N2O2S. The third kappa shape index (κ3) is 3.17. The number of alkyl halides is 4. The Labute approximate surface area is 121 Å². The average molecular weight is 324 g/mol. The lowest BCUT2D eigenvalue weighted by Gasteiger charge is -2.36. The van der Waals surface area contributed by atoms with E-state index in [4.69, 9.17) is 0 Å². The van der Waals surface area contributed by atoms with Crippen LogP contribution in [0.2, 0.25) is 0 Å². The summed E-state index contributed by atoms with van der Waals surface area (Å²) < 4.78 is 50.3. The van der Waals surface area contributed by atoms with E-state index >= 15 is 0 Å². The molecule has 1 aromatic heterocycles. The highest BCUT2D eigenvalue weighted by molar-refractivity contribution is 7.08. The topological polar surface area (TPSA) is 40.6 Å². The molecule has 2 rings (SSSR count). The zero-order valence-corrected chi connectivity index (χ0v) is 11.6. The Morgan fingerprint density at radius 2 is 1.71 bits per heavy atom. The fourth-order valence-corrected chi connectivity index (χ4v) is 2.62. The maximum Gasteiger partial charge on any atom is 0.383 e. The quantitative estimate of drug-likeness (QED) is 0.797. The smallest absolute Gasteiger partial charge is 0.335 e. The lowest BCUT2D eigenvalue weighted by Crippen LogP contribution is -2.56. The molecular weight excluding hydrogens is 312 g/mol. The van der Waals surface area contributed by atoms with E-state index in [0.29, 0.717) is 10.5 Å². The van der Waals surface area contributed by atoms with Crippen molar-refractivity contribution in [2.75, 3.05) is 26.2 Å². The van der Waals surface area contributed by atoms with Crippen molar-refractivity contribution in [3.63, 3.8) is 0 Å². The predicted octanol–water partition coefficient (Wildman–Crippen LogP) is 1.93. The minimum Gasteiger partial charge on any atom is -0.335 e. The van der Waals surface area contributed by atoms with Crippen LogP contribution in [0.5, 0.6) is 0 Å². The van der Waals surface area contributed by atoms with Gasteiger partial charge in [-0.1, -0.05) is 0 Å². The van der Waals surface area contributed by atoms with Crippen molar-refractivity contribution in [3.05, 3.63) is 22.4 Å². The summed E-state index contributed by atoms with van der Waals surface area (Å²) in [5.41, 5.74) is 0.484. The molecule has 0 radical (unpaired) electrons. The van der Waals surface area contributed by atoms with Crippen molar-refractivity contribution < 1.29 is 27.2 Å². The van der Waals surface area contributed by atoms with Crippen LogP contribution in [0.15, 0.2) is 16.8 Å². The summed E-state index contributed by atoms with van der Waals surface area (Å²) in [6, 6.07) is 1.63. The SMILES string of the molecule is O=C(c1ccsc1)N1CCN(C(=O)C(F)(F)C(F)F)CC1. The van der Waals surface area contributed by atoms with E-state index < -0.39 is 18.3 Å². The normalized spacial score (nSPS) is 16.4. The largest absolute Gasteiger partial charge is 0.383 e. The number of halogens is 4. The molecule has 0 bridgehead atoms. The summed E-state index contributed by atoms with van der Waals surface area (Å²) in [5, 5.41) is 3.39. The molecule has 1 aliphatic heterocycles. The van der Waals surface area contributed by atoms with E-state index in [9.17, 15) is 27.2 Å². The maximum atomic E-state index is 13.0. The van der Waals surface area contributed by atoms with Crippen molar-refractivity contribution >= 4 is 23.2 Å². The molecule has 4 nitrogen and oxygen atoms in total. The van der Waals surface area contributed by atoms with Gasteiger partial charge in [0.1, 0.15) is 0 Å². The highest BCUT2D eigenvalue weighted by Gasteiger charge is 2.51. The third-order valence-corrected chi connectivity index (χ3v) is 3.86. The number of hydrogen-bond donors (Lipinski definition) is 0. The van der Waals surface area contributed by atoms with Crippen LogP contribution in [0.4, 0.5) is 17.6 Å². The summed E-state index contributed by atoms with van der Waals surface area (Å²) in [4.78, 5) is 25.4. The van der Waals surface area contributed by atoms with Gasteiger partial charge in [0.25, 0.3) is 11.8 Å². The molecule has 0 spiro atoms. The van der Waals surface area contributed by atoms with Gasteiger partial charge >= 0.3 is 12.3 Å². The Morgan fingerprint density at radius 3 is 2.19 bits per heavy atom. The van der Waals surface area contributed by atoms with Crippen LogP contribution in [0.1, 0.15) is 10.4 Å². The molecule has 2 heterocycles. The minimum absolute atomic E-state index is 0.0414. The van der Waals surface area contributed by atoms with Gasteiger partial charge in [0.15, 0.2) is 0 Å². The average Bonchev–Trinajstić information content (AvgIpc) is 3.00. The van der Waals surface area contributed by atoms with Gasteiger partial charge in [-0.2, -0.15) is 20.1 Å². The number of rotatable bonds is 3. The molecule has 116 valence electrons. The van der Waals surface area contributed by atoms with Gasteiger partial charge in [-0.15, -0.1) is 0 Å². The number of carbonyl (C=O) groups excluding carboxylic acids is 2. The van der Waals surface area contributed by atoms with E-state index in [0.717, 1.165) is 0 Å². The Hall–Kier alpha value is -1.64. The number of hydrogen-bond acceptors (Lipinski definition) is 3. The predicted molar refractivity (Wildman–Crippen MR) is 67.8 cm³/mol. The van der Waals surface area contributed by atoms with Crippen LogP contribution in [-0.4, -0.2) is 60.1 Å². The van der Waals surface area contributed by atoms with Crippen molar-refractivity contribution in [1.29, 1.82) is 0 Å². The molecule has 2 amide bonds. The van der Waals surface area contributed by atoms with Gasteiger partial charge in [-0.25, -0.2) is 8.78 Å². The molecule has 0 atom stereocenters. The highest BCUT2D eigenvalue weighted by atomic mass is 32.1. The zero-order chi connectivity index (χ0) is 15.6. The second-order valence-electron chi connectivity index (χ2n) is 4.52.